The summed E-state index contributed by atoms with van der Waals surface area (Å²) in [6, 6.07) is 7.61. The number of Topliss-reactive ketones (excluding diaryl/α,β-unsaturated/α-hetero) is 1. The average molecular weight is 344 g/mol. The van der Waals surface area contributed by atoms with Gasteiger partial charge in [-0.05, 0) is 29.2 Å². The van der Waals surface area contributed by atoms with Crippen molar-refractivity contribution in [2.45, 2.75) is 47.1 Å². The van der Waals surface area contributed by atoms with Crippen LogP contribution in [0.4, 0.5) is 0 Å². The molecular formula is C21H28O4. The zero-order chi connectivity index (χ0) is 19.0. The summed E-state index contributed by atoms with van der Waals surface area (Å²) >= 11 is 0. The molecule has 0 bridgehead atoms. The summed E-state index contributed by atoms with van der Waals surface area (Å²) < 4.78 is 5.48. The van der Waals surface area contributed by atoms with Crippen LogP contribution in [-0.4, -0.2) is 23.8 Å². The number of allylic oxidation sites excluding steroid dienone is 2. The van der Waals surface area contributed by atoms with Crippen LogP contribution in [0.15, 0.2) is 42.0 Å². The molecule has 1 aromatic carbocycles. The van der Waals surface area contributed by atoms with E-state index in [0.29, 0.717) is 11.3 Å². The van der Waals surface area contributed by atoms with Gasteiger partial charge in [0.25, 0.3) is 0 Å². The van der Waals surface area contributed by atoms with E-state index in [1.54, 1.807) is 13.2 Å². The zero-order valence-electron chi connectivity index (χ0n) is 16.1. The van der Waals surface area contributed by atoms with Crippen molar-refractivity contribution in [2.24, 2.45) is 10.8 Å². The number of hydrogen-bond acceptors (Lipinski definition) is 4. The highest BCUT2D eigenvalue weighted by molar-refractivity contribution is 6.10. The maximum Gasteiger partial charge on any atom is 0.199 e. The van der Waals surface area contributed by atoms with Crippen molar-refractivity contribution in [3.8, 4) is 5.75 Å². The molecule has 0 spiro atoms. The van der Waals surface area contributed by atoms with Gasteiger partial charge in [-0.25, -0.2) is 4.89 Å². The molecule has 1 N–H and O–H groups in total. The molecule has 0 saturated carbocycles. The molecule has 1 aliphatic carbocycles. The van der Waals surface area contributed by atoms with E-state index >= 15 is 0 Å². The van der Waals surface area contributed by atoms with Gasteiger partial charge in [-0.2, -0.15) is 0 Å². The van der Waals surface area contributed by atoms with Gasteiger partial charge in [0.2, 0.25) is 0 Å². The average Bonchev–Trinajstić information content (AvgIpc) is 2.53. The second kappa shape index (κ2) is 6.43. The number of ether oxygens (including phenoxy) is 1. The molecule has 4 nitrogen and oxygen atoms in total. The summed E-state index contributed by atoms with van der Waals surface area (Å²) in [6.45, 7) is 11.6. The molecule has 136 valence electrons. The molecule has 2 rings (SSSR count). The summed E-state index contributed by atoms with van der Waals surface area (Å²) in [6.07, 6.45) is 3.59. The Bertz CT molecular complexity index is 729. The largest absolute Gasteiger partial charge is 0.496 e. The monoisotopic (exact) mass is 344 g/mol. The minimum Gasteiger partial charge on any atom is -0.496 e. The van der Waals surface area contributed by atoms with Gasteiger partial charge in [0, 0.05) is 16.6 Å². The van der Waals surface area contributed by atoms with Gasteiger partial charge in [-0.3, -0.25) is 10.1 Å². The van der Waals surface area contributed by atoms with E-state index in [1.807, 2.05) is 71.9 Å². The Kier molecular flexibility index (Phi) is 4.99. The molecule has 0 saturated heterocycles. The van der Waals surface area contributed by atoms with Crippen LogP contribution in [0.5, 0.6) is 5.75 Å². The standard InChI is InChI=1S/C21H28O4/c1-19(2,3)16-12-14(15-10-8-9-11-17(15)24-7)13-21(25-23,18(16)22)20(4,5)6/h8-13,23H,1-7H3. The zero-order valence-corrected chi connectivity index (χ0v) is 16.1. The van der Waals surface area contributed by atoms with E-state index < -0.39 is 16.4 Å². The van der Waals surface area contributed by atoms with Crippen molar-refractivity contribution in [1.29, 1.82) is 0 Å². The van der Waals surface area contributed by atoms with E-state index in [9.17, 15) is 10.1 Å². The third kappa shape index (κ3) is 3.29. The predicted octanol–water partition coefficient (Wildman–Crippen LogP) is 4.91. The van der Waals surface area contributed by atoms with Crippen molar-refractivity contribution >= 4 is 11.4 Å². The quantitative estimate of drug-likeness (QED) is 0.625. The highest BCUT2D eigenvalue weighted by Crippen LogP contribution is 2.47. The van der Waals surface area contributed by atoms with Crippen molar-refractivity contribution in [3.05, 3.63) is 47.6 Å². The summed E-state index contributed by atoms with van der Waals surface area (Å²) in [7, 11) is 1.61. The van der Waals surface area contributed by atoms with Crippen LogP contribution in [-0.2, 0) is 9.68 Å². The highest BCUT2D eigenvalue weighted by Gasteiger charge is 2.53. The third-order valence-electron chi connectivity index (χ3n) is 4.72. The highest BCUT2D eigenvalue weighted by atomic mass is 17.1. The maximum absolute atomic E-state index is 13.3. The lowest BCUT2D eigenvalue weighted by Crippen LogP contribution is -2.53. The number of methoxy groups -OCH3 is 1. The molecule has 1 atom stereocenters. The van der Waals surface area contributed by atoms with Crippen molar-refractivity contribution in [2.75, 3.05) is 7.11 Å². The fourth-order valence-electron chi connectivity index (χ4n) is 3.10. The number of rotatable bonds is 3. The number of para-hydroxylation sites is 1. The van der Waals surface area contributed by atoms with Gasteiger partial charge < -0.3 is 4.74 Å². The smallest absolute Gasteiger partial charge is 0.199 e. The lowest BCUT2D eigenvalue weighted by Gasteiger charge is -2.43. The molecule has 0 heterocycles. The Morgan fingerprint density at radius 1 is 1.04 bits per heavy atom. The van der Waals surface area contributed by atoms with Crippen LogP contribution in [0, 0.1) is 10.8 Å². The SMILES string of the molecule is COc1ccccc1C1=CC(OO)(C(C)(C)C)C(=O)C(C(C)(C)C)=C1. The van der Waals surface area contributed by atoms with Gasteiger partial charge in [-0.1, -0.05) is 59.7 Å². The van der Waals surface area contributed by atoms with Crippen molar-refractivity contribution in [3.63, 3.8) is 0 Å². The third-order valence-corrected chi connectivity index (χ3v) is 4.72. The first-order valence-electron chi connectivity index (χ1n) is 8.44. The normalized spacial score (nSPS) is 21.7. The first-order valence-corrected chi connectivity index (χ1v) is 8.44. The van der Waals surface area contributed by atoms with E-state index in [-0.39, 0.29) is 5.78 Å². The number of benzene rings is 1. The summed E-state index contributed by atoms with van der Waals surface area (Å²) in [5, 5.41) is 9.80. The molecule has 4 heteroatoms. The molecule has 1 aromatic rings. The summed E-state index contributed by atoms with van der Waals surface area (Å²) in [5.41, 5.74) is -0.235. The minimum absolute atomic E-state index is 0.214. The number of carbonyl (C=O) groups excluding carboxylic acids is 1. The van der Waals surface area contributed by atoms with E-state index in [1.165, 1.54) is 0 Å². The first kappa shape index (κ1) is 19.4. The fraction of sp³-hybridized carbons (Fsp3) is 0.476. The molecule has 0 fully saturated rings. The predicted molar refractivity (Wildman–Crippen MR) is 99.4 cm³/mol. The number of carbonyl (C=O) groups is 1. The Hall–Kier alpha value is -1.91. The molecule has 0 aromatic heterocycles. The van der Waals surface area contributed by atoms with Gasteiger partial charge in [0.15, 0.2) is 11.4 Å². The minimum atomic E-state index is -1.46. The van der Waals surface area contributed by atoms with Gasteiger partial charge in [0.1, 0.15) is 5.75 Å². The summed E-state index contributed by atoms with van der Waals surface area (Å²) in [4.78, 5) is 18.2. The van der Waals surface area contributed by atoms with Gasteiger partial charge in [0.05, 0.1) is 7.11 Å². The Morgan fingerprint density at radius 3 is 2.12 bits per heavy atom. The van der Waals surface area contributed by atoms with Crippen molar-refractivity contribution in [1.82, 2.24) is 0 Å². The van der Waals surface area contributed by atoms with Crippen LogP contribution in [0.2, 0.25) is 0 Å². The molecule has 0 amide bonds. The second-order valence-electron chi connectivity index (χ2n) is 8.51. The lowest BCUT2D eigenvalue weighted by molar-refractivity contribution is -0.318. The van der Waals surface area contributed by atoms with Gasteiger partial charge >= 0.3 is 0 Å². The van der Waals surface area contributed by atoms with E-state index in [2.05, 4.69) is 0 Å². The topological polar surface area (TPSA) is 55.8 Å². The van der Waals surface area contributed by atoms with Crippen molar-refractivity contribution < 1.29 is 19.7 Å². The van der Waals surface area contributed by atoms with Crippen LogP contribution < -0.4 is 4.74 Å². The molecule has 0 radical (unpaired) electrons. The Morgan fingerprint density at radius 2 is 1.64 bits per heavy atom. The van der Waals surface area contributed by atoms with Gasteiger partial charge in [-0.15, -0.1) is 0 Å². The molecular weight excluding hydrogens is 316 g/mol. The van der Waals surface area contributed by atoms with Crippen LogP contribution in [0.1, 0.15) is 47.1 Å². The first-order chi connectivity index (χ1) is 11.5. The molecule has 1 unspecified atom stereocenters. The van der Waals surface area contributed by atoms with Crippen LogP contribution >= 0.6 is 0 Å². The molecule has 25 heavy (non-hydrogen) atoms. The molecule has 0 aliphatic heterocycles. The fourth-order valence-corrected chi connectivity index (χ4v) is 3.10. The van der Waals surface area contributed by atoms with E-state index in [4.69, 9.17) is 9.62 Å². The lowest BCUT2D eigenvalue weighted by atomic mass is 9.64. The van der Waals surface area contributed by atoms with E-state index in [0.717, 1.165) is 11.1 Å². The van der Waals surface area contributed by atoms with Crippen LogP contribution in [0.25, 0.3) is 5.57 Å². The Balaban J connectivity index is 2.80. The van der Waals surface area contributed by atoms with Crippen LogP contribution in [0.3, 0.4) is 0 Å². The second-order valence-corrected chi connectivity index (χ2v) is 8.51. The number of hydrogen-bond donors (Lipinski definition) is 1. The maximum atomic E-state index is 13.3. The summed E-state index contributed by atoms with van der Waals surface area (Å²) in [5.74, 6) is 0.488. The molecule has 1 aliphatic rings. The number of ketones is 1. The Labute approximate surface area is 150 Å².